The van der Waals surface area contributed by atoms with Gasteiger partial charge in [0.25, 0.3) is 0 Å². The fourth-order valence-electron chi connectivity index (χ4n) is 7.41. The Morgan fingerprint density at radius 2 is 1.22 bits per heavy atom. The van der Waals surface area contributed by atoms with Crippen molar-refractivity contribution in [2.24, 2.45) is 0 Å². The number of benzene rings is 7. The van der Waals surface area contributed by atoms with Crippen LogP contribution in [0.1, 0.15) is 25.0 Å². The molecule has 0 amide bonds. The van der Waals surface area contributed by atoms with Gasteiger partial charge in [0.05, 0.1) is 5.69 Å². The number of anilines is 3. The molecule has 1 aromatic heterocycles. The highest BCUT2D eigenvalue weighted by Crippen LogP contribution is 2.59. The van der Waals surface area contributed by atoms with Crippen molar-refractivity contribution in [3.63, 3.8) is 0 Å². The molecule has 214 valence electrons. The van der Waals surface area contributed by atoms with Crippen molar-refractivity contribution >= 4 is 59.3 Å². The molecule has 2 heteroatoms. The molecule has 1 nitrogen and oxygen atoms in total. The van der Waals surface area contributed by atoms with E-state index in [0.29, 0.717) is 0 Å². The van der Waals surface area contributed by atoms with E-state index < -0.39 is 0 Å². The lowest BCUT2D eigenvalue weighted by atomic mass is 9.82. The first-order valence-corrected chi connectivity index (χ1v) is 16.4. The van der Waals surface area contributed by atoms with Crippen LogP contribution in [-0.4, -0.2) is 0 Å². The van der Waals surface area contributed by atoms with Gasteiger partial charge in [-0.25, -0.2) is 0 Å². The highest BCUT2D eigenvalue weighted by molar-refractivity contribution is 7.26. The molecule has 0 saturated heterocycles. The van der Waals surface area contributed by atoms with Crippen molar-refractivity contribution in [3.8, 4) is 22.3 Å². The van der Waals surface area contributed by atoms with Crippen LogP contribution in [-0.2, 0) is 5.41 Å². The number of para-hydroxylation sites is 1. The van der Waals surface area contributed by atoms with Gasteiger partial charge in [-0.1, -0.05) is 123 Å². The Morgan fingerprint density at radius 3 is 2.04 bits per heavy atom. The second-order valence-corrected chi connectivity index (χ2v) is 13.7. The van der Waals surface area contributed by atoms with Crippen LogP contribution in [0.25, 0.3) is 53.2 Å². The van der Waals surface area contributed by atoms with E-state index in [2.05, 4.69) is 170 Å². The lowest BCUT2D eigenvalue weighted by molar-refractivity contribution is 0.661. The molecule has 7 aromatic carbocycles. The molecular weight excluding hydrogens is 563 g/mol. The number of thiophene rings is 1. The van der Waals surface area contributed by atoms with Gasteiger partial charge in [0.2, 0.25) is 0 Å². The van der Waals surface area contributed by atoms with Gasteiger partial charge < -0.3 is 4.90 Å². The topological polar surface area (TPSA) is 3.24 Å². The standard InChI is InChI=1S/C43H31NS/c1-43(2)36-24-22-31(28-13-5-3-6-14-28)26-35(36)40-37(43)27-39-41(34-19-11-12-20-38(34)45-39)42(40)44(32-17-7-4-8-18-32)33-23-21-29-15-9-10-16-30(29)25-33/h3-27H,1-2H3. The Hall–Kier alpha value is -5.18. The van der Waals surface area contributed by atoms with Crippen LogP contribution in [0, 0.1) is 0 Å². The quantitative estimate of drug-likeness (QED) is 0.196. The number of fused-ring (bicyclic) bond motifs is 7. The fourth-order valence-corrected chi connectivity index (χ4v) is 8.56. The maximum atomic E-state index is 2.52. The van der Waals surface area contributed by atoms with E-state index >= 15 is 0 Å². The first-order valence-electron chi connectivity index (χ1n) is 15.6. The van der Waals surface area contributed by atoms with Crippen LogP contribution < -0.4 is 4.90 Å². The molecule has 0 aliphatic heterocycles. The molecule has 0 N–H and O–H groups in total. The van der Waals surface area contributed by atoms with Gasteiger partial charge in [0.15, 0.2) is 0 Å². The number of hydrogen-bond acceptors (Lipinski definition) is 2. The van der Waals surface area contributed by atoms with E-state index in [1.807, 2.05) is 11.3 Å². The third-order valence-corrected chi connectivity index (χ3v) is 10.7. The number of nitrogens with zero attached hydrogens (tertiary/aromatic N) is 1. The van der Waals surface area contributed by atoms with Crippen molar-refractivity contribution in [1.29, 1.82) is 0 Å². The monoisotopic (exact) mass is 593 g/mol. The molecule has 0 atom stereocenters. The maximum absolute atomic E-state index is 2.52. The van der Waals surface area contributed by atoms with Crippen LogP contribution in [0.2, 0.25) is 0 Å². The molecular formula is C43H31NS. The number of rotatable bonds is 4. The summed E-state index contributed by atoms with van der Waals surface area (Å²) in [4.78, 5) is 2.52. The Bertz CT molecular complexity index is 2400. The van der Waals surface area contributed by atoms with Gasteiger partial charge >= 0.3 is 0 Å². The van der Waals surface area contributed by atoms with Crippen molar-refractivity contribution in [2.45, 2.75) is 19.3 Å². The van der Waals surface area contributed by atoms with E-state index in [1.165, 1.54) is 70.0 Å². The average molecular weight is 594 g/mol. The zero-order valence-electron chi connectivity index (χ0n) is 25.3. The van der Waals surface area contributed by atoms with E-state index in [1.54, 1.807) is 0 Å². The lowest BCUT2D eigenvalue weighted by Crippen LogP contribution is -2.16. The van der Waals surface area contributed by atoms with Crippen LogP contribution in [0.15, 0.2) is 152 Å². The summed E-state index contributed by atoms with van der Waals surface area (Å²) in [6.45, 7) is 4.79. The minimum absolute atomic E-state index is 0.148. The Kier molecular flexibility index (Phi) is 5.78. The summed E-state index contributed by atoms with van der Waals surface area (Å²) in [6, 6.07) is 55.8. The largest absolute Gasteiger partial charge is 0.309 e. The van der Waals surface area contributed by atoms with E-state index in [4.69, 9.17) is 0 Å². The molecule has 1 aliphatic carbocycles. The van der Waals surface area contributed by atoms with Crippen LogP contribution in [0.3, 0.4) is 0 Å². The SMILES string of the molecule is CC1(C)c2ccc(-c3ccccc3)cc2-c2c1cc1sc3ccccc3c1c2N(c1ccccc1)c1ccc2ccccc2c1. The molecule has 9 rings (SSSR count). The van der Waals surface area contributed by atoms with Gasteiger partial charge in [-0.05, 0) is 81.1 Å². The smallest absolute Gasteiger partial charge is 0.0636 e. The Labute approximate surface area is 267 Å². The molecule has 8 aromatic rings. The van der Waals surface area contributed by atoms with Crippen molar-refractivity contribution in [3.05, 3.63) is 163 Å². The first kappa shape index (κ1) is 26.2. The van der Waals surface area contributed by atoms with E-state index in [9.17, 15) is 0 Å². The van der Waals surface area contributed by atoms with Crippen molar-refractivity contribution in [1.82, 2.24) is 0 Å². The molecule has 0 bridgehead atoms. The van der Waals surface area contributed by atoms with E-state index in [0.717, 1.165) is 11.4 Å². The van der Waals surface area contributed by atoms with Gasteiger partial charge in [-0.15, -0.1) is 11.3 Å². The zero-order chi connectivity index (χ0) is 30.1. The first-order chi connectivity index (χ1) is 22.1. The minimum atomic E-state index is -0.148. The molecule has 0 unspecified atom stereocenters. The van der Waals surface area contributed by atoms with E-state index in [-0.39, 0.29) is 5.41 Å². The van der Waals surface area contributed by atoms with Gasteiger partial charge in [0, 0.05) is 42.5 Å². The van der Waals surface area contributed by atoms with Crippen LogP contribution >= 0.6 is 11.3 Å². The molecule has 1 aliphatic rings. The van der Waals surface area contributed by atoms with Crippen molar-refractivity contribution in [2.75, 3.05) is 4.90 Å². The molecule has 1 heterocycles. The van der Waals surface area contributed by atoms with Crippen molar-refractivity contribution < 1.29 is 0 Å². The fraction of sp³-hybridized carbons (Fsp3) is 0.0698. The molecule has 0 radical (unpaired) electrons. The molecule has 0 fully saturated rings. The Balaban J connectivity index is 1.45. The lowest BCUT2D eigenvalue weighted by Gasteiger charge is -2.30. The molecule has 45 heavy (non-hydrogen) atoms. The second kappa shape index (κ2) is 9.92. The number of hydrogen-bond donors (Lipinski definition) is 0. The predicted molar refractivity (Wildman–Crippen MR) is 195 cm³/mol. The second-order valence-electron chi connectivity index (χ2n) is 12.6. The minimum Gasteiger partial charge on any atom is -0.309 e. The summed E-state index contributed by atoms with van der Waals surface area (Å²) in [5, 5.41) is 5.11. The summed E-state index contributed by atoms with van der Waals surface area (Å²) in [7, 11) is 0. The molecule has 0 spiro atoms. The summed E-state index contributed by atoms with van der Waals surface area (Å²) in [5.41, 5.74) is 11.3. The van der Waals surface area contributed by atoms with Gasteiger partial charge in [-0.3, -0.25) is 0 Å². The third kappa shape index (κ3) is 3.99. The third-order valence-electron chi connectivity index (χ3n) is 9.61. The average Bonchev–Trinajstić information content (AvgIpc) is 3.57. The summed E-state index contributed by atoms with van der Waals surface area (Å²) < 4.78 is 2.65. The Morgan fingerprint density at radius 1 is 0.511 bits per heavy atom. The van der Waals surface area contributed by atoms with Crippen LogP contribution in [0.5, 0.6) is 0 Å². The normalized spacial score (nSPS) is 13.3. The summed E-state index contributed by atoms with van der Waals surface area (Å²) in [6.07, 6.45) is 0. The van der Waals surface area contributed by atoms with Gasteiger partial charge in [-0.2, -0.15) is 0 Å². The van der Waals surface area contributed by atoms with Gasteiger partial charge in [0.1, 0.15) is 0 Å². The maximum Gasteiger partial charge on any atom is 0.0636 e. The molecule has 0 saturated carbocycles. The highest BCUT2D eigenvalue weighted by Gasteiger charge is 2.40. The highest BCUT2D eigenvalue weighted by atomic mass is 32.1. The zero-order valence-corrected chi connectivity index (χ0v) is 26.1. The van der Waals surface area contributed by atoms with Crippen LogP contribution in [0.4, 0.5) is 17.1 Å². The summed E-state index contributed by atoms with van der Waals surface area (Å²) in [5.74, 6) is 0. The summed E-state index contributed by atoms with van der Waals surface area (Å²) >= 11 is 1.91. The predicted octanol–water partition coefficient (Wildman–Crippen LogP) is 12.7.